The van der Waals surface area contributed by atoms with E-state index in [9.17, 15) is 0 Å². The van der Waals surface area contributed by atoms with Crippen LogP contribution in [0.3, 0.4) is 0 Å². The standard InChI is InChI=1S/C9H18ClN/c1-4-11(8-6-10)7-5-9(2)3/h5H,4,6-8H2,1-3H3. The third-order valence-electron chi connectivity index (χ3n) is 1.61. The maximum Gasteiger partial charge on any atom is 0.0351 e. The minimum atomic E-state index is 0.727. The monoisotopic (exact) mass is 175 g/mol. The van der Waals surface area contributed by atoms with Gasteiger partial charge in [0, 0.05) is 19.0 Å². The number of allylic oxidation sites excluding steroid dienone is 1. The molecule has 0 rings (SSSR count). The Labute approximate surface area is 75.0 Å². The van der Waals surface area contributed by atoms with Gasteiger partial charge in [-0.05, 0) is 20.4 Å². The molecular weight excluding hydrogens is 158 g/mol. The first-order valence-electron chi connectivity index (χ1n) is 4.12. The normalized spacial score (nSPS) is 10.3. The summed E-state index contributed by atoms with van der Waals surface area (Å²) in [5, 5.41) is 0. The highest BCUT2D eigenvalue weighted by Gasteiger charge is 1.96. The van der Waals surface area contributed by atoms with Crippen LogP contribution in [0.1, 0.15) is 20.8 Å². The molecule has 0 saturated heterocycles. The lowest BCUT2D eigenvalue weighted by Crippen LogP contribution is -2.25. The molecule has 2 heteroatoms. The zero-order valence-electron chi connectivity index (χ0n) is 7.73. The molecule has 0 fully saturated rings. The van der Waals surface area contributed by atoms with Gasteiger partial charge in [-0.25, -0.2) is 0 Å². The molecule has 1 nitrogen and oxygen atoms in total. The van der Waals surface area contributed by atoms with Gasteiger partial charge in [-0.1, -0.05) is 18.6 Å². The van der Waals surface area contributed by atoms with Crippen molar-refractivity contribution in [3.63, 3.8) is 0 Å². The Bertz CT molecular complexity index is 117. The van der Waals surface area contributed by atoms with Gasteiger partial charge in [-0.3, -0.25) is 4.90 Å². The van der Waals surface area contributed by atoms with Crippen LogP contribution in [0.5, 0.6) is 0 Å². The second kappa shape index (κ2) is 6.68. The fraction of sp³-hybridized carbons (Fsp3) is 0.778. The van der Waals surface area contributed by atoms with Gasteiger partial charge in [0.2, 0.25) is 0 Å². The van der Waals surface area contributed by atoms with Gasteiger partial charge < -0.3 is 0 Å². The lowest BCUT2D eigenvalue weighted by Gasteiger charge is -2.16. The molecule has 0 aromatic heterocycles. The van der Waals surface area contributed by atoms with E-state index in [2.05, 4.69) is 31.7 Å². The van der Waals surface area contributed by atoms with Crippen molar-refractivity contribution in [2.24, 2.45) is 0 Å². The topological polar surface area (TPSA) is 3.24 Å². The van der Waals surface area contributed by atoms with Gasteiger partial charge in [0.05, 0.1) is 0 Å². The summed E-state index contributed by atoms with van der Waals surface area (Å²) in [4.78, 5) is 2.32. The molecule has 0 unspecified atom stereocenters. The van der Waals surface area contributed by atoms with Crippen molar-refractivity contribution in [3.05, 3.63) is 11.6 Å². The molecule has 0 bridgehead atoms. The number of rotatable bonds is 5. The fourth-order valence-corrected chi connectivity index (χ4v) is 1.05. The van der Waals surface area contributed by atoms with E-state index < -0.39 is 0 Å². The van der Waals surface area contributed by atoms with Crippen LogP contribution < -0.4 is 0 Å². The smallest absolute Gasteiger partial charge is 0.0351 e. The third-order valence-corrected chi connectivity index (χ3v) is 1.77. The first-order valence-corrected chi connectivity index (χ1v) is 4.65. The van der Waals surface area contributed by atoms with Gasteiger partial charge in [-0.2, -0.15) is 0 Å². The van der Waals surface area contributed by atoms with Gasteiger partial charge in [-0.15, -0.1) is 11.6 Å². The van der Waals surface area contributed by atoms with Gasteiger partial charge >= 0.3 is 0 Å². The van der Waals surface area contributed by atoms with Crippen molar-refractivity contribution in [2.75, 3.05) is 25.5 Å². The Morgan fingerprint density at radius 1 is 1.45 bits per heavy atom. The van der Waals surface area contributed by atoms with E-state index >= 15 is 0 Å². The van der Waals surface area contributed by atoms with Gasteiger partial charge in [0.25, 0.3) is 0 Å². The van der Waals surface area contributed by atoms with Crippen molar-refractivity contribution in [3.8, 4) is 0 Å². The molecule has 0 atom stereocenters. The summed E-state index contributed by atoms with van der Waals surface area (Å²) < 4.78 is 0. The first kappa shape index (κ1) is 11.0. The highest BCUT2D eigenvalue weighted by Crippen LogP contribution is 1.93. The largest absolute Gasteiger partial charge is 0.299 e. The van der Waals surface area contributed by atoms with Gasteiger partial charge in [0.1, 0.15) is 0 Å². The SMILES string of the molecule is CCN(CC=C(C)C)CCCl. The molecule has 0 aromatic carbocycles. The Hall–Kier alpha value is -0.0100. The number of hydrogen-bond donors (Lipinski definition) is 0. The van der Waals surface area contributed by atoms with E-state index in [1.807, 2.05) is 0 Å². The summed E-state index contributed by atoms with van der Waals surface area (Å²) in [6, 6.07) is 0. The van der Waals surface area contributed by atoms with Crippen LogP contribution in [-0.2, 0) is 0 Å². The molecule has 0 aliphatic rings. The molecule has 0 aliphatic carbocycles. The number of hydrogen-bond acceptors (Lipinski definition) is 1. The van der Waals surface area contributed by atoms with E-state index in [0.717, 1.165) is 25.5 Å². The van der Waals surface area contributed by atoms with Crippen molar-refractivity contribution < 1.29 is 0 Å². The predicted molar refractivity (Wildman–Crippen MR) is 52.3 cm³/mol. The molecule has 0 radical (unpaired) electrons. The fourth-order valence-electron chi connectivity index (χ4n) is 0.810. The van der Waals surface area contributed by atoms with Crippen LogP contribution >= 0.6 is 11.6 Å². The molecule has 11 heavy (non-hydrogen) atoms. The summed E-state index contributed by atoms with van der Waals surface area (Å²) in [6.45, 7) is 9.50. The Morgan fingerprint density at radius 2 is 2.09 bits per heavy atom. The van der Waals surface area contributed by atoms with E-state index in [4.69, 9.17) is 11.6 Å². The summed E-state index contributed by atoms with van der Waals surface area (Å²) in [5.41, 5.74) is 1.37. The van der Waals surface area contributed by atoms with Crippen LogP contribution in [0.15, 0.2) is 11.6 Å². The van der Waals surface area contributed by atoms with E-state index in [-0.39, 0.29) is 0 Å². The van der Waals surface area contributed by atoms with Crippen molar-refractivity contribution in [1.82, 2.24) is 4.90 Å². The quantitative estimate of drug-likeness (QED) is 0.459. The van der Waals surface area contributed by atoms with Crippen molar-refractivity contribution in [2.45, 2.75) is 20.8 Å². The zero-order valence-corrected chi connectivity index (χ0v) is 8.49. The average molecular weight is 176 g/mol. The van der Waals surface area contributed by atoms with Crippen LogP contribution in [0.25, 0.3) is 0 Å². The number of alkyl halides is 1. The average Bonchev–Trinajstić information content (AvgIpc) is 1.97. The van der Waals surface area contributed by atoms with Crippen LogP contribution in [0.4, 0.5) is 0 Å². The maximum atomic E-state index is 5.63. The summed E-state index contributed by atoms with van der Waals surface area (Å²) in [7, 11) is 0. The molecule has 0 saturated carbocycles. The summed E-state index contributed by atoms with van der Waals surface area (Å²) in [6.07, 6.45) is 2.23. The Balaban J connectivity index is 3.60. The second-order valence-electron chi connectivity index (χ2n) is 2.86. The molecule has 0 N–H and O–H groups in total. The number of nitrogens with zero attached hydrogens (tertiary/aromatic N) is 1. The molecule has 0 amide bonds. The highest BCUT2D eigenvalue weighted by atomic mass is 35.5. The maximum absolute atomic E-state index is 5.63. The molecular formula is C9H18ClN. The summed E-state index contributed by atoms with van der Waals surface area (Å²) in [5.74, 6) is 0.727. The molecule has 66 valence electrons. The highest BCUT2D eigenvalue weighted by molar-refractivity contribution is 6.18. The van der Waals surface area contributed by atoms with E-state index in [1.54, 1.807) is 0 Å². The predicted octanol–water partition coefficient (Wildman–Crippen LogP) is 2.51. The van der Waals surface area contributed by atoms with E-state index in [1.165, 1.54) is 5.57 Å². The zero-order chi connectivity index (χ0) is 8.69. The number of likely N-dealkylation sites (N-methyl/N-ethyl adjacent to an activating group) is 1. The minimum absolute atomic E-state index is 0.727. The first-order chi connectivity index (χ1) is 5.20. The van der Waals surface area contributed by atoms with Crippen LogP contribution in [-0.4, -0.2) is 30.4 Å². The third kappa shape index (κ3) is 6.39. The Morgan fingerprint density at radius 3 is 2.45 bits per heavy atom. The molecule has 0 aromatic rings. The second-order valence-corrected chi connectivity index (χ2v) is 3.24. The molecule has 0 heterocycles. The van der Waals surface area contributed by atoms with Crippen molar-refractivity contribution >= 4 is 11.6 Å². The summed E-state index contributed by atoms with van der Waals surface area (Å²) >= 11 is 5.63. The molecule has 0 spiro atoms. The molecule has 0 aliphatic heterocycles. The number of halogens is 1. The minimum Gasteiger partial charge on any atom is -0.299 e. The lowest BCUT2D eigenvalue weighted by molar-refractivity contribution is 0.338. The van der Waals surface area contributed by atoms with Gasteiger partial charge in [0.15, 0.2) is 0 Å². The lowest BCUT2D eigenvalue weighted by atomic mass is 10.3. The van der Waals surface area contributed by atoms with Crippen molar-refractivity contribution in [1.29, 1.82) is 0 Å². The Kier molecular flexibility index (Phi) is 6.68. The van der Waals surface area contributed by atoms with Crippen LogP contribution in [0, 0.1) is 0 Å². The van der Waals surface area contributed by atoms with Crippen LogP contribution in [0.2, 0.25) is 0 Å². The van der Waals surface area contributed by atoms with E-state index in [0.29, 0.717) is 0 Å².